The minimum absolute atomic E-state index is 0.158. The van der Waals surface area contributed by atoms with E-state index in [4.69, 9.17) is 0 Å². The van der Waals surface area contributed by atoms with Gasteiger partial charge < -0.3 is 15.5 Å². The Morgan fingerprint density at radius 2 is 1.87 bits per heavy atom. The van der Waals surface area contributed by atoms with Crippen molar-refractivity contribution in [3.8, 4) is 0 Å². The Hall–Kier alpha value is -3.52. The van der Waals surface area contributed by atoms with E-state index in [0.29, 0.717) is 17.1 Å². The maximum Gasteiger partial charge on any atom is 0.262 e. The first-order valence-corrected chi connectivity index (χ1v) is 10.7. The summed E-state index contributed by atoms with van der Waals surface area (Å²) in [5.74, 6) is -0.595. The molecule has 3 rings (SSSR count). The normalized spacial score (nSPS) is 11.4. The number of aromatic nitrogens is 1. The van der Waals surface area contributed by atoms with E-state index in [0.717, 1.165) is 11.1 Å². The summed E-state index contributed by atoms with van der Waals surface area (Å²) in [4.78, 5) is 44.0. The number of nitrogens with one attached hydrogen (secondary N) is 2. The number of carbonyl (C=O) groups excluding carboxylic acids is 3. The van der Waals surface area contributed by atoms with Crippen LogP contribution in [0.5, 0.6) is 0 Å². The molecule has 0 aliphatic rings. The summed E-state index contributed by atoms with van der Waals surface area (Å²) in [6.45, 7) is 1.74. The van der Waals surface area contributed by atoms with Crippen LogP contribution in [0.4, 0.5) is 5.82 Å². The number of benzene rings is 1. The smallest absolute Gasteiger partial charge is 0.262 e. The minimum Gasteiger partial charge on any atom is -0.339 e. The van der Waals surface area contributed by atoms with Crippen molar-refractivity contribution in [3.05, 3.63) is 82.2 Å². The van der Waals surface area contributed by atoms with Gasteiger partial charge in [-0.3, -0.25) is 14.4 Å². The third kappa shape index (κ3) is 6.48. The van der Waals surface area contributed by atoms with E-state index in [1.807, 2.05) is 43.3 Å². The molecule has 0 spiro atoms. The van der Waals surface area contributed by atoms with Crippen LogP contribution in [0.1, 0.15) is 20.8 Å². The van der Waals surface area contributed by atoms with Crippen molar-refractivity contribution in [3.63, 3.8) is 0 Å². The molecule has 8 heteroatoms. The van der Waals surface area contributed by atoms with Gasteiger partial charge in [0.2, 0.25) is 11.8 Å². The van der Waals surface area contributed by atoms with Gasteiger partial charge in [0.15, 0.2) is 0 Å². The fraction of sp³-hybridized carbons (Fsp3) is 0.217. The van der Waals surface area contributed by atoms with Gasteiger partial charge in [0.05, 0.1) is 11.4 Å². The second-order valence-electron chi connectivity index (χ2n) is 7.15. The quantitative estimate of drug-likeness (QED) is 0.568. The molecule has 0 saturated carbocycles. The SMILES string of the molecule is Cc1ccnc(NC(=O)CN(C)C(=O)C(Cc2ccccc2)NC(=O)c2cccs2)c1. The Morgan fingerprint density at radius 1 is 1.10 bits per heavy atom. The first-order valence-electron chi connectivity index (χ1n) is 9.78. The Kier molecular flexibility index (Phi) is 7.50. The summed E-state index contributed by atoms with van der Waals surface area (Å²) in [5, 5.41) is 7.31. The second-order valence-corrected chi connectivity index (χ2v) is 8.10. The van der Waals surface area contributed by atoms with Crippen LogP contribution in [0.3, 0.4) is 0 Å². The lowest BCUT2D eigenvalue weighted by molar-refractivity contribution is -0.135. The summed E-state index contributed by atoms with van der Waals surface area (Å²) in [7, 11) is 1.54. The zero-order valence-corrected chi connectivity index (χ0v) is 18.2. The molecule has 160 valence electrons. The van der Waals surface area contributed by atoms with E-state index >= 15 is 0 Å². The first kappa shape index (κ1) is 22.2. The predicted octanol–water partition coefficient (Wildman–Crippen LogP) is 2.89. The largest absolute Gasteiger partial charge is 0.339 e. The molecule has 1 atom stereocenters. The predicted molar refractivity (Wildman–Crippen MR) is 121 cm³/mol. The monoisotopic (exact) mass is 436 g/mol. The molecule has 0 radical (unpaired) electrons. The molecule has 0 aliphatic heterocycles. The number of pyridine rings is 1. The van der Waals surface area contributed by atoms with E-state index in [9.17, 15) is 14.4 Å². The molecule has 0 saturated heterocycles. The first-order chi connectivity index (χ1) is 14.9. The highest BCUT2D eigenvalue weighted by Gasteiger charge is 2.26. The van der Waals surface area contributed by atoms with Crippen LogP contribution >= 0.6 is 11.3 Å². The maximum atomic E-state index is 13.1. The van der Waals surface area contributed by atoms with Gasteiger partial charge in [0, 0.05) is 19.7 Å². The van der Waals surface area contributed by atoms with Crippen LogP contribution in [0.15, 0.2) is 66.2 Å². The van der Waals surface area contributed by atoms with Gasteiger partial charge in [-0.25, -0.2) is 4.98 Å². The highest BCUT2D eigenvalue weighted by Crippen LogP contribution is 2.11. The number of hydrogen-bond donors (Lipinski definition) is 2. The van der Waals surface area contributed by atoms with E-state index < -0.39 is 6.04 Å². The number of thiophene rings is 1. The second kappa shape index (κ2) is 10.5. The number of anilines is 1. The maximum absolute atomic E-state index is 13.1. The number of aryl methyl sites for hydroxylation is 1. The third-order valence-electron chi connectivity index (χ3n) is 4.57. The summed E-state index contributed by atoms with van der Waals surface area (Å²) >= 11 is 1.30. The zero-order valence-electron chi connectivity index (χ0n) is 17.4. The highest BCUT2D eigenvalue weighted by atomic mass is 32.1. The fourth-order valence-electron chi connectivity index (χ4n) is 3.03. The van der Waals surface area contributed by atoms with Gasteiger partial charge in [-0.1, -0.05) is 36.4 Å². The lowest BCUT2D eigenvalue weighted by Crippen LogP contribution is -2.50. The number of carbonyl (C=O) groups is 3. The van der Waals surface area contributed by atoms with Crippen molar-refractivity contribution >= 4 is 34.9 Å². The third-order valence-corrected chi connectivity index (χ3v) is 5.44. The summed E-state index contributed by atoms with van der Waals surface area (Å²) < 4.78 is 0. The van der Waals surface area contributed by atoms with Crippen LogP contribution in [-0.2, 0) is 16.0 Å². The molecule has 0 aliphatic carbocycles. The van der Waals surface area contributed by atoms with Gasteiger partial charge in [-0.2, -0.15) is 0 Å². The Balaban J connectivity index is 1.68. The molecule has 31 heavy (non-hydrogen) atoms. The molecule has 3 aromatic rings. The summed E-state index contributed by atoms with van der Waals surface area (Å²) in [5.41, 5.74) is 1.88. The molecular weight excluding hydrogens is 412 g/mol. The molecule has 2 aromatic heterocycles. The molecule has 1 aromatic carbocycles. The zero-order chi connectivity index (χ0) is 22.2. The lowest BCUT2D eigenvalue weighted by Gasteiger charge is -2.24. The fourth-order valence-corrected chi connectivity index (χ4v) is 3.66. The molecule has 2 heterocycles. The number of amides is 3. The average Bonchev–Trinajstić information content (AvgIpc) is 3.28. The standard InChI is InChI=1S/C23H24N4O3S/c1-16-10-11-24-20(13-16)26-21(28)15-27(2)23(30)18(14-17-7-4-3-5-8-17)25-22(29)19-9-6-12-31-19/h3-13,18H,14-15H2,1-2H3,(H,25,29)(H,24,26,28). The molecule has 7 nitrogen and oxygen atoms in total. The van der Waals surface area contributed by atoms with E-state index in [1.54, 1.807) is 36.8 Å². The van der Waals surface area contributed by atoms with E-state index in [2.05, 4.69) is 15.6 Å². The minimum atomic E-state index is -0.799. The van der Waals surface area contributed by atoms with Crippen LogP contribution in [0.2, 0.25) is 0 Å². The van der Waals surface area contributed by atoms with Crippen LogP contribution in [0.25, 0.3) is 0 Å². The summed E-state index contributed by atoms with van der Waals surface area (Å²) in [6, 6.07) is 15.7. The highest BCUT2D eigenvalue weighted by molar-refractivity contribution is 7.12. The van der Waals surface area contributed by atoms with Crippen molar-refractivity contribution in [2.24, 2.45) is 0 Å². The van der Waals surface area contributed by atoms with Gasteiger partial charge in [0.1, 0.15) is 11.9 Å². The van der Waals surface area contributed by atoms with Crippen LogP contribution in [-0.4, -0.2) is 47.2 Å². The van der Waals surface area contributed by atoms with Crippen LogP contribution < -0.4 is 10.6 Å². The van der Waals surface area contributed by atoms with E-state index in [1.165, 1.54) is 16.2 Å². The number of likely N-dealkylation sites (N-methyl/N-ethyl adjacent to an activating group) is 1. The lowest BCUT2D eigenvalue weighted by atomic mass is 10.0. The molecule has 0 bridgehead atoms. The van der Waals surface area contributed by atoms with Crippen molar-refractivity contribution < 1.29 is 14.4 Å². The number of rotatable bonds is 8. The van der Waals surface area contributed by atoms with Gasteiger partial charge in [0.25, 0.3) is 5.91 Å². The number of hydrogen-bond acceptors (Lipinski definition) is 5. The van der Waals surface area contributed by atoms with Crippen molar-refractivity contribution in [2.75, 3.05) is 18.9 Å². The van der Waals surface area contributed by atoms with Crippen LogP contribution in [0, 0.1) is 6.92 Å². The average molecular weight is 437 g/mol. The number of nitrogens with zero attached hydrogens (tertiary/aromatic N) is 2. The molecule has 0 fully saturated rings. The molecule has 2 N–H and O–H groups in total. The van der Waals surface area contributed by atoms with E-state index in [-0.39, 0.29) is 24.3 Å². The van der Waals surface area contributed by atoms with Gasteiger partial charge in [-0.15, -0.1) is 11.3 Å². The molecule has 1 unspecified atom stereocenters. The van der Waals surface area contributed by atoms with Crippen molar-refractivity contribution in [1.29, 1.82) is 0 Å². The van der Waals surface area contributed by atoms with Gasteiger partial charge in [-0.05, 0) is 41.6 Å². The molecule has 3 amide bonds. The topological polar surface area (TPSA) is 91.4 Å². The molecular formula is C23H24N4O3S. The Labute approximate surface area is 185 Å². The Bertz CT molecular complexity index is 1040. The van der Waals surface area contributed by atoms with Crippen molar-refractivity contribution in [2.45, 2.75) is 19.4 Å². The Morgan fingerprint density at radius 3 is 2.55 bits per heavy atom. The van der Waals surface area contributed by atoms with Crippen molar-refractivity contribution in [1.82, 2.24) is 15.2 Å². The van der Waals surface area contributed by atoms with Gasteiger partial charge >= 0.3 is 0 Å². The summed E-state index contributed by atoms with van der Waals surface area (Å²) in [6.07, 6.45) is 1.93.